The van der Waals surface area contributed by atoms with Crippen molar-refractivity contribution in [3.05, 3.63) is 51.8 Å². The third kappa shape index (κ3) is 4.03. The van der Waals surface area contributed by atoms with E-state index < -0.39 is 43.9 Å². The molecule has 2 rings (SSSR count). The Balaban J connectivity index is 2.50. The molecule has 2 N–H and O–H groups in total. The maximum atomic E-state index is 13.3. The monoisotopic (exact) mass is 403 g/mol. The van der Waals surface area contributed by atoms with Gasteiger partial charge in [0, 0.05) is 5.02 Å². The Morgan fingerprint density at radius 1 is 1.04 bits per heavy atom. The maximum absolute atomic E-state index is 13.3. The van der Waals surface area contributed by atoms with Gasteiger partial charge in [0.15, 0.2) is 5.75 Å². The summed E-state index contributed by atoms with van der Waals surface area (Å²) in [5, 5.41) is 9.20. The van der Waals surface area contributed by atoms with Crippen LogP contribution in [-0.2, 0) is 16.2 Å². The lowest BCUT2D eigenvalue weighted by Crippen LogP contribution is -2.15. The van der Waals surface area contributed by atoms with Crippen LogP contribution in [-0.4, -0.2) is 13.5 Å². The zero-order chi connectivity index (χ0) is 18.3. The van der Waals surface area contributed by atoms with Gasteiger partial charge in [-0.15, -0.1) is 0 Å². The largest absolute Gasteiger partial charge is 0.505 e. The van der Waals surface area contributed by atoms with E-state index in [9.17, 15) is 31.1 Å². The molecule has 0 bridgehead atoms. The molecule has 24 heavy (non-hydrogen) atoms. The summed E-state index contributed by atoms with van der Waals surface area (Å²) in [6.07, 6.45) is -4.87. The Morgan fingerprint density at radius 2 is 1.67 bits per heavy atom. The molecular formula is C13H7Cl2F4NO3S. The molecule has 2 aromatic carbocycles. The van der Waals surface area contributed by atoms with Crippen molar-refractivity contribution >= 4 is 38.9 Å². The minimum atomic E-state index is -4.87. The Bertz CT molecular complexity index is 901. The minimum Gasteiger partial charge on any atom is -0.505 e. The number of rotatable bonds is 3. The molecule has 130 valence electrons. The molecule has 0 aliphatic heterocycles. The molecule has 0 aromatic heterocycles. The highest BCUT2D eigenvalue weighted by atomic mass is 35.5. The van der Waals surface area contributed by atoms with Crippen LogP contribution in [0.2, 0.25) is 10.0 Å². The number of benzene rings is 2. The number of sulfonamides is 1. The smallest absolute Gasteiger partial charge is 0.416 e. The van der Waals surface area contributed by atoms with Crippen molar-refractivity contribution in [1.82, 2.24) is 0 Å². The topological polar surface area (TPSA) is 66.4 Å². The summed E-state index contributed by atoms with van der Waals surface area (Å²) in [7, 11) is -4.57. The SMILES string of the molecule is O=S(=O)(Nc1cc(F)cc(C(F)(F)F)c1)c1cc(Cl)cc(Cl)c1O. The lowest BCUT2D eigenvalue weighted by Gasteiger charge is -2.13. The highest BCUT2D eigenvalue weighted by molar-refractivity contribution is 7.92. The van der Waals surface area contributed by atoms with Crippen molar-refractivity contribution in [2.24, 2.45) is 0 Å². The number of halogens is 6. The van der Waals surface area contributed by atoms with Gasteiger partial charge in [0.05, 0.1) is 16.3 Å². The number of hydrogen-bond acceptors (Lipinski definition) is 3. The van der Waals surface area contributed by atoms with E-state index in [1.54, 1.807) is 4.72 Å². The fourth-order valence-electron chi connectivity index (χ4n) is 1.77. The number of phenols is 1. The molecule has 0 aliphatic carbocycles. The summed E-state index contributed by atoms with van der Waals surface area (Å²) < 4.78 is 77.4. The second-order valence-corrected chi connectivity index (χ2v) is 7.06. The maximum Gasteiger partial charge on any atom is 0.416 e. The zero-order valence-electron chi connectivity index (χ0n) is 11.3. The third-order valence-electron chi connectivity index (χ3n) is 2.76. The fourth-order valence-corrected chi connectivity index (χ4v) is 3.57. The van der Waals surface area contributed by atoms with Gasteiger partial charge in [-0.25, -0.2) is 12.8 Å². The second-order valence-electron chi connectivity index (χ2n) is 4.57. The van der Waals surface area contributed by atoms with Crippen molar-refractivity contribution in [3.63, 3.8) is 0 Å². The normalized spacial score (nSPS) is 12.2. The van der Waals surface area contributed by atoms with Gasteiger partial charge in [0.25, 0.3) is 10.0 Å². The van der Waals surface area contributed by atoms with E-state index in [0.717, 1.165) is 12.1 Å². The summed E-state index contributed by atoms with van der Waals surface area (Å²) in [5.41, 5.74) is -2.06. The molecule has 11 heteroatoms. The molecule has 0 saturated carbocycles. The molecule has 0 radical (unpaired) electrons. The zero-order valence-corrected chi connectivity index (χ0v) is 13.7. The van der Waals surface area contributed by atoms with E-state index in [-0.39, 0.29) is 16.1 Å². The van der Waals surface area contributed by atoms with Crippen LogP contribution in [0.15, 0.2) is 35.2 Å². The van der Waals surface area contributed by atoms with Crippen LogP contribution in [0.3, 0.4) is 0 Å². The van der Waals surface area contributed by atoms with Crippen LogP contribution in [0, 0.1) is 5.82 Å². The van der Waals surface area contributed by atoms with Crippen molar-refractivity contribution in [2.45, 2.75) is 11.1 Å². The van der Waals surface area contributed by atoms with Gasteiger partial charge in [-0.3, -0.25) is 4.72 Å². The lowest BCUT2D eigenvalue weighted by atomic mass is 10.2. The van der Waals surface area contributed by atoms with E-state index in [4.69, 9.17) is 23.2 Å². The van der Waals surface area contributed by atoms with Gasteiger partial charge in [0.1, 0.15) is 10.7 Å². The van der Waals surface area contributed by atoms with E-state index >= 15 is 0 Å². The van der Waals surface area contributed by atoms with E-state index in [1.807, 2.05) is 0 Å². The number of alkyl halides is 3. The van der Waals surface area contributed by atoms with Gasteiger partial charge in [-0.1, -0.05) is 23.2 Å². The Morgan fingerprint density at radius 3 is 2.25 bits per heavy atom. The van der Waals surface area contributed by atoms with Gasteiger partial charge in [-0.2, -0.15) is 13.2 Å². The first-order chi connectivity index (χ1) is 10.9. The number of nitrogens with one attached hydrogen (secondary N) is 1. The Kier molecular flexibility index (Phi) is 4.89. The molecule has 4 nitrogen and oxygen atoms in total. The van der Waals surface area contributed by atoms with Crippen LogP contribution < -0.4 is 4.72 Å². The highest BCUT2D eigenvalue weighted by Gasteiger charge is 2.32. The molecule has 0 amide bonds. The summed E-state index contributed by atoms with van der Waals surface area (Å²) in [6.45, 7) is 0. The van der Waals surface area contributed by atoms with Gasteiger partial charge < -0.3 is 5.11 Å². The first-order valence-corrected chi connectivity index (χ1v) is 8.22. The van der Waals surface area contributed by atoms with Crippen molar-refractivity contribution in [1.29, 1.82) is 0 Å². The average Bonchev–Trinajstić information content (AvgIpc) is 2.40. The average molecular weight is 404 g/mol. The first-order valence-electron chi connectivity index (χ1n) is 5.99. The molecule has 0 atom stereocenters. The summed E-state index contributed by atoms with van der Waals surface area (Å²) in [4.78, 5) is -0.766. The van der Waals surface area contributed by atoms with Gasteiger partial charge in [-0.05, 0) is 30.3 Å². The standard InChI is InChI=1S/C13H7Cl2F4NO3S/c14-7-3-10(15)12(21)11(4-7)24(22,23)20-9-2-6(13(17,18)19)1-8(16)5-9/h1-5,20-21H. The summed E-state index contributed by atoms with van der Waals surface area (Å²) in [5.74, 6) is -2.14. The minimum absolute atomic E-state index is 0.131. The fraction of sp³-hybridized carbons (Fsp3) is 0.0769. The summed E-state index contributed by atoms with van der Waals surface area (Å²) in [6, 6.07) is 3.09. The lowest BCUT2D eigenvalue weighted by molar-refractivity contribution is -0.137. The second kappa shape index (κ2) is 6.30. The summed E-state index contributed by atoms with van der Waals surface area (Å²) >= 11 is 11.2. The predicted molar refractivity (Wildman–Crippen MR) is 80.3 cm³/mol. The van der Waals surface area contributed by atoms with Crippen LogP contribution in [0.5, 0.6) is 5.75 Å². The van der Waals surface area contributed by atoms with Crippen molar-refractivity contribution in [3.8, 4) is 5.75 Å². The molecule has 0 spiro atoms. The van der Waals surface area contributed by atoms with Crippen LogP contribution >= 0.6 is 23.2 Å². The van der Waals surface area contributed by atoms with Crippen molar-refractivity contribution in [2.75, 3.05) is 4.72 Å². The Hall–Kier alpha value is -1.71. The molecule has 0 aliphatic rings. The molecular weight excluding hydrogens is 397 g/mol. The van der Waals surface area contributed by atoms with Crippen molar-refractivity contribution < 1.29 is 31.1 Å². The molecule has 0 heterocycles. The molecule has 0 fully saturated rings. The third-order valence-corrected chi connectivity index (χ3v) is 4.66. The quantitative estimate of drug-likeness (QED) is 0.732. The molecule has 2 aromatic rings. The highest BCUT2D eigenvalue weighted by Crippen LogP contribution is 2.36. The first kappa shape index (κ1) is 18.6. The van der Waals surface area contributed by atoms with E-state index in [2.05, 4.69) is 0 Å². The van der Waals surface area contributed by atoms with Crippen LogP contribution in [0.1, 0.15) is 5.56 Å². The number of phenolic OH excluding ortho intramolecular Hbond substituents is 1. The van der Waals surface area contributed by atoms with Gasteiger partial charge in [0.2, 0.25) is 0 Å². The predicted octanol–water partition coefficient (Wildman–Crippen LogP) is 4.66. The van der Waals surface area contributed by atoms with Crippen LogP contribution in [0.4, 0.5) is 23.2 Å². The number of hydrogen-bond donors (Lipinski definition) is 2. The molecule has 0 unspecified atom stereocenters. The van der Waals surface area contributed by atoms with E-state index in [1.165, 1.54) is 0 Å². The van der Waals surface area contributed by atoms with Crippen LogP contribution in [0.25, 0.3) is 0 Å². The number of aromatic hydroxyl groups is 1. The van der Waals surface area contributed by atoms with Gasteiger partial charge >= 0.3 is 6.18 Å². The van der Waals surface area contributed by atoms with E-state index in [0.29, 0.717) is 12.1 Å². The Labute approximate surface area is 143 Å². The number of anilines is 1. The molecule has 0 saturated heterocycles.